The third-order valence-corrected chi connectivity index (χ3v) is 4.22. The molecule has 1 aromatic rings. The Morgan fingerprint density at radius 2 is 1.07 bits per heavy atom. The summed E-state index contributed by atoms with van der Waals surface area (Å²) in [4.78, 5) is 0. The molecule has 0 saturated heterocycles. The van der Waals surface area contributed by atoms with Crippen LogP contribution in [0.1, 0.15) is 30.6 Å². The Labute approximate surface area is 160 Å². The van der Waals surface area contributed by atoms with Gasteiger partial charge in [0.05, 0.1) is 6.10 Å². The predicted molar refractivity (Wildman–Crippen MR) is 76.2 cm³/mol. The molecule has 0 amide bonds. The highest BCUT2D eigenvalue weighted by Crippen LogP contribution is 2.61. The fourth-order valence-electron chi connectivity index (χ4n) is 2.27. The fraction of sp³-hybridized carbons (Fsp3) is 0.625. The van der Waals surface area contributed by atoms with Gasteiger partial charge in [0, 0.05) is 6.42 Å². The lowest BCUT2D eigenvalue weighted by Crippen LogP contribution is -2.70. The maximum atomic E-state index is 13.7. The third-order valence-electron chi connectivity index (χ3n) is 4.22. The molecule has 0 fully saturated rings. The van der Waals surface area contributed by atoms with Crippen LogP contribution in [0.3, 0.4) is 0 Å². The van der Waals surface area contributed by atoms with E-state index in [-0.39, 0.29) is 0 Å². The van der Waals surface area contributed by atoms with Crippen molar-refractivity contribution in [1.82, 2.24) is 0 Å². The number of aliphatic hydroxyl groups is 1. The van der Waals surface area contributed by atoms with Gasteiger partial charge < -0.3 is 5.11 Å². The maximum Gasteiger partial charge on any atom is 0.460 e. The molecule has 0 saturated carbocycles. The first-order chi connectivity index (χ1) is 13.2. The molecule has 1 atom stereocenters. The summed E-state index contributed by atoms with van der Waals surface area (Å²) in [5.41, 5.74) is 0.0296. The van der Waals surface area contributed by atoms with Gasteiger partial charge in [-0.15, -0.1) is 0 Å². The summed E-state index contributed by atoms with van der Waals surface area (Å²) in [6.45, 7) is 1.65. The van der Waals surface area contributed by atoms with E-state index in [0.29, 0.717) is 12.0 Å². The first-order valence-corrected chi connectivity index (χ1v) is 7.90. The highest BCUT2D eigenvalue weighted by atomic mass is 19.4. The Kier molecular flexibility index (Phi) is 6.80. The maximum absolute atomic E-state index is 13.7. The van der Waals surface area contributed by atoms with E-state index in [2.05, 4.69) is 0 Å². The van der Waals surface area contributed by atoms with Gasteiger partial charge in [-0.05, 0) is 17.5 Å². The largest absolute Gasteiger partial charge is 0.460 e. The van der Waals surface area contributed by atoms with Gasteiger partial charge >= 0.3 is 35.8 Å². The highest BCUT2D eigenvalue weighted by Gasteiger charge is 2.90. The smallest absolute Gasteiger partial charge is 0.388 e. The number of aryl methyl sites for hydroxylation is 1. The minimum absolute atomic E-state index is 0.416. The quantitative estimate of drug-likeness (QED) is 0.438. The van der Waals surface area contributed by atoms with Crippen molar-refractivity contribution in [3.63, 3.8) is 0 Å². The van der Waals surface area contributed by atoms with Gasteiger partial charge in [0.15, 0.2) is 0 Å². The van der Waals surface area contributed by atoms with Crippen LogP contribution in [-0.2, 0) is 6.42 Å². The zero-order valence-corrected chi connectivity index (χ0v) is 14.7. The SMILES string of the molecule is CCc1ccc(C(O)CC(F)(F)C(F)(F)C(F)(F)C(F)(F)C(F)(F)C(F)(F)F)cc1. The van der Waals surface area contributed by atoms with Gasteiger partial charge in [0.1, 0.15) is 0 Å². The molecule has 0 bridgehead atoms. The molecule has 1 rings (SSSR count). The summed E-state index contributed by atoms with van der Waals surface area (Å²) >= 11 is 0. The average molecular weight is 468 g/mol. The van der Waals surface area contributed by atoms with Crippen LogP contribution in [0.5, 0.6) is 0 Å². The lowest BCUT2D eigenvalue weighted by Gasteiger charge is -2.40. The normalized spacial score (nSPS) is 16.0. The fourth-order valence-corrected chi connectivity index (χ4v) is 2.27. The molecular formula is C16H13F13O. The highest BCUT2D eigenvalue weighted by molar-refractivity contribution is 5.24. The zero-order chi connectivity index (χ0) is 24.0. The average Bonchev–Trinajstić information content (AvgIpc) is 2.59. The van der Waals surface area contributed by atoms with Gasteiger partial charge in [-0.3, -0.25) is 0 Å². The second-order valence-corrected chi connectivity index (χ2v) is 6.31. The van der Waals surface area contributed by atoms with Gasteiger partial charge in [0.2, 0.25) is 0 Å². The monoisotopic (exact) mass is 468 g/mol. The first-order valence-electron chi connectivity index (χ1n) is 7.90. The lowest BCUT2D eigenvalue weighted by atomic mass is 9.90. The summed E-state index contributed by atoms with van der Waals surface area (Å²) in [5, 5.41) is 9.57. The zero-order valence-electron chi connectivity index (χ0n) is 14.7. The van der Waals surface area contributed by atoms with Gasteiger partial charge in [0.25, 0.3) is 0 Å². The summed E-state index contributed by atoms with van der Waals surface area (Å²) in [6, 6.07) is 4.29. The van der Waals surface area contributed by atoms with Gasteiger partial charge in [-0.2, -0.15) is 57.1 Å². The summed E-state index contributed by atoms with van der Waals surface area (Å²) in [6.07, 6.45) is -12.4. The third kappa shape index (κ3) is 4.06. The van der Waals surface area contributed by atoms with Crippen LogP contribution in [0.2, 0.25) is 0 Å². The first kappa shape index (κ1) is 26.3. The van der Waals surface area contributed by atoms with Crippen LogP contribution < -0.4 is 0 Å². The number of aliphatic hydroxyl groups excluding tert-OH is 1. The number of benzene rings is 1. The van der Waals surface area contributed by atoms with Crippen molar-refractivity contribution in [3.05, 3.63) is 35.4 Å². The van der Waals surface area contributed by atoms with E-state index in [0.717, 1.165) is 12.1 Å². The summed E-state index contributed by atoms with van der Waals surface area (Å²) in [7, 11) is 0. The van der Waals surface area contributed by atoms with Crippen molar-refractivity contribution >= 4 is 0 Å². The molecule has 1 N–H and O–H groups in total. The topological polar surface area (TPSA) is 20.2 Å². The van der Waals surface area contributed by atoms with E-state index in [9.17, 15) is 62.2 Å². The number of hydrogen-bond acceptors (Lipinski definition) is 1. The molecule has 0 aromatic heterocycles. The van der Waals surface area contributed by atoms with Gasteiger partial charge in [-0.1, -0.05) is 31.2 Å². The Balaban J connectivity index is 3.30. The van der Waals surface area contributed by atoms with Gasteiger partial charge in [-0.25, -0.2) is 0 Å². The van der Waals surface area contributed by atoms with Crippen molar-refractivity contribution in [2.75, 3.05) is 0 Å². The van der Waals surface area contributed by atoms with E-state index in [4.69, 9.17) is 0 Å². The molecule has 1 unspecified atom stereocenters. The predicted octanol–water partition coefficient (Wildman–Crippen LogP) is 6.41. The van der Waals surface area contributed by atoms with Crippen LogP contribution in [0.15, 0.2) is 24.3 Å². The molecule has 174 valence electrons. The minimum Gasteiger partial charge on any atom is -0.388 e. The Morgan fingerprint density at radius 1 is 0.667 bits per heavy atom. The summed E-state index contributed by atoms with van der Waals surface area (Å²) < 4.78 is 169. The molecule has 1 aromatic carbocycles. The van der Waals surface area contributed by atoms with E-state index in [1.165, 1.54) is 12.1 Å². The van der Waals surface area contributed by atoms with E-state index in [1.807, 2.05) is 0 Å². The minimum atomic E-state index is -7.95. The standard InChI is InChI=1S/C16H13F13O/c1-2-8-3-5-9(6-4-8)10(30)7-11(17,18)12(19,20)13(21,22)14(23,24)15(25,26)16(27,28)29/h3-6,10,30H,2,7H2,1H3. The van der Waals surface area contributed by atoms with E-state index in [1.54, 1.807) is 6.92 Å². The number of alkyl halides is 13. The second-order valence-electron chi connectivity index (χ2n) is 6.31. The molecule has 0 aliphatic heterocycles. The molecule has 0 aliphatic rings. The molecular weight excluding hydrogens is 455 g/mol. The molecule has 1 nitrogen and oxygen atoms in total. The number of hydrogen-bond donors (Lipinski definition) is 1. The lowest BCUT2D eigenvalue weighted by molar-refractivity contribution is -0.440. The summed E-state index contributed by atoms with van der Waals surface area (Å²) in [5.74, 6) is -37.3. The molecule has 14 heteroatoms. The molecule has 0 spiro atoms. The van der Waals surface area contributed by atoms with Crippen LogP contribution in [0.25, 0.3) is 0 Å². The van der Waals surface area contributed by atoms with Crippen LogP contribution >= 0.6 is 0 Å². The van der Waals surface area contributed by atoms with Crippen molar-refractivity contribution < 1.29 is 62.2 Å². The van der Waals surface area contributed by atoms with Crippen molar-refractivity contribution in [3.8, 4) is 0 Å². The second kappa shape index (κ2) is 7.75. The molecule has 0 radical (unpaired) electrons. The molecule has 0 aliphatic carbocycles. The van der Waals surface area contributed by atoms with E-state index < -0.39 is 53.9 Å². The molecule has 0 heterocycles. The van der Waals surface area contributed by atoms with Crippen LogP contribution in [-0.4, -0.2) is 40.9 Å². The van der Waals surface area contributed by atoms with Crippen molar-refractivity contribution in [2.45, 2.75) is 61.7 Å². The number of rotatable bonds is 8. The Morgan fingerprint density at radius 3 is 1.43 bits per heavy atom. The number of halogens is 13. The van der Waals surface area contributed by atoms with E-state index >= 15 is 0 Å². The molecule has 30 heavy (non-hydrogen) atoms. The van der Waals surface area contributed by atoms with Crippen LogP contribution in [0, 0.1) is 0 Å². The van der Waals surface area contributed by atoms with Crippen LogP contribution in [0.4, 0.5) is 57.1 Å². The Hall–Kier alpha value is -1.73. The van der Waals surface area contributed by atoms with Crippen molar-refractivity contribution in [1.29, 1.82) is 0 Å². The Bertz CT molecular complexity index is 722. The van der Waals surface area contributed by atoms with Crippen molar-refractivity contribution in [2.24, 2.45) is 0 Å².